The molecule has 18 heavy (non-hydrogen) atoms. The van der Waals surface area contributed by atoms with E-state index in [1.807, 2.05) is 6.07 Å². The molecule has 0 aliphatic carbocycles. The molecule has 1 saturated heterocycles. The summed E-state index contributed by atoms with van der Waals surface area (Å²) in [5, 5.41) is 0. The van der Waals surface area contributed by atoms with Crippen molar-refractivity contribution in [2.24, 2.45) is 5.73 Å². The van der Waals surface area contributed by atoms with Crippen LogP contribution in [0.2, 0.25) is 0 Å². The smallest absolute Gasteiger partial charge is 0.142 e. The Labute approximate surface area is 110 Å². The lowest BCUT2D eigenvalue weighted by Gasteiger charge is -2.33. The molecule has 0 radical (unpaired) electrons. The molecule has 1 unspecified atom stereocenters. The Bertz CT molecular complexity index is 373. The van der Waals surface area contributed by atoms with E-state index in [2.05, 4.69) is 36.9 Å². The predicted octanol–water partition coefficient (Wildman–Crippen LogP) is 2.79. The number of hydrogen-bond donors (Lipinski definition) is 1. The Morgan fingerprint density at radius 1 is 1.33 bits per heavy atom. The maximum Gasteiger partial charge on any atom is 0.142 e. The van der Waals surface area contributed by atoms with Crippen LogP contribution in [0.3, 0.4) is 0 Å². The molecule has 0 aromatic heterocycles. The molecule has 2 rings (SSSR count). The number of ether oxygens (including phenoxy) is 1. The first-order valence-corrected chi connectivity index (χ1v) is 6.97. The molecule has 1 aliphatic rings. The summed E-state index contributed by atoms with van der Waals surface area (Å²) in [6.45, 7) is 6.32. The van der Waals surface area contributed by atoms with Gasteiger partial charge in [-0.05, 0) is 38.3 Å². The minimum absolute atomic E-state index is 0.262. The van der Waals surface area contributed by atoms with Gasteiger partial charge in [0, 0.05) is 19.1 Å². The fourth-order valence-electron chi connectivity index (χ4n) is 2.26. The van der Waals surface area contributed by atoms with Crippen LogP contribution in [-0.4, -0.2) is 25.2 Å². The maximum atomic E-state index is 6.00. The summed E-state index contributed by atoms with van der Waals surface area (Å²) in [4.78, 5) is 2.39. The number of benzene rings is 1. The molecule has 0 saturated carbocycles. The Kier molecular flexibility index (Phi) is 4.48. The van der Waals surface area contributed by atoms with E-state index in [1.165, 1.54) is 5.69 Å². The van der Waals surface area contributed by atoms with Gasteiger partial charge in [-0.1, -0.05) is 19.1 Å². The zero-order chi connectivity index (χ0) is 13.0. The first-order valence-electron chi connectivity index (χ1n) is 6.97. The van der Waals surface area contributed by atoms with Crippen LogP contribution >= 0.6 is 0 Å². The number of nitrogens with two attached hydrogens (primary N) is 1. The summed E-state index contributed by atoms with van der Waals surface area (Å²) < 4.78 is 6.00. The molecular weight excluding hydrogens is 224 g/mol. The molecule has 100 valence electrons. The second-order valence-electron chi connectivity index (χ2n) is 5.13. The number of nitrogens with zero attached hydrogens (tertiary/aromatic N) is 1. The minimum Gasteiger partial charge on any atom is -0.489 e. The van der Waals surface area contributed by atoms with Crippen molar-refractivity contribution in [1.29, 1.82) is 0 Å². The molecule has 0 spiro atoms. The standard InChI is InChI=1S/C15H24N2O/c1-3-12(2)18-15-7-5-4-6-14(15)17-10-8-13(16)9-11-17/h4-7,12-13H,3,8-11,16H2,1-2H3. The molecule has 2 N–H and O–H groups in total. The summed E-state index contributed by atoms with van der Waals surface area (Å²) in [6, 6.07) is 8.69. The third kappa shape index (κ3) is 3.16. The van der Waals surface area contributed by atoms with E-state index >= 15 is 0 Å². The van der Waals surface area contributed by atoms with Crippen LogP contribution in [0.15, 0.2) is 24.3 Å². The van der Waals surface area contributed by atoms with Crippen molar-refractivity contribution in [3.63, 3.8) is 0 Å². The van der Waals surface area contributed by atoms with Gasteiger partial charge in [0.2, 0.25) is 0 Å². The molecule has 1 atom stereocenters. The average Bonchev–Trinajstić information content (AvgIpc) is 2.40. The van der Waals surface area contributed by atoms with Crippen LogP contribution in [0.1, 0.15) is 33.1 Å². The fraction of sp³-hybridized carbons (Fsp3) is 0.600. The number of hydrogen-bond acceptors (Lipinski definition) is 3. The Morgan fingerprint density at radius 3 is 2.67 bits per heavy atom. The number of anilines is 1. The van der Waals surface area contributed by atoms with Crippen LogP contribution in [0.4, 0.5) is 5.69 Å². The highest BCUT2D eigenvalue weighted by atomic mass is 16.5. The van der Waals surface area contributed by atoms with Crippen molar-refractivity contribution in [2.75, 3.05) is 18.0 Å². The van der Waals surface area contributed by atoms with E-state index in [0.29, 0.717) is 6.04 Å². The Hall–Kier alpha value is -1.22. The molecule has 0 amide bonds. The van der Waals surface area contributed by atoms with Crippen LogP contribution in [-0.2, 0) is 0 Å². The lowest BCUT2D eigenvalue weighted by molar-refractivity contribution is 0.217. The predicted molar refractivity (Wildman–Crippen MR) is 76.2 cm³/mol. The zero-order valence-electron chi connectivity index (χ0n) is 11.4. The molecule has 3 nitrogen and oxygen atoms in total. The number of para-hydroxylation sites is 2. The van der Waals surface area contributed by atoms with E-state index in [0.717, 1.165) is 38.1 Å². The summed E-state index contributed by atoms with van der Waals surface area (Å²) >= 11 is 0. The number of rotatable bonds is 4. The van der Waals surface area contributed by atoms with Crippen molar-refractivity contribution in [1.82, 2.24) is 0 Å². The molecule has 1 fully saturated rings. The summed E-state index contributed by atoms with van der Waals surface area (Å²) in [6.07, 6.45) is 3.42. The first-order chi connectivity index (χ1) is 8.70. The number of piperidine rings is 1. The van der Waals surface area contributed by atoms with Gasteiger partial charge in [0.05, 0.1) is 11.8 Å². The van der Waals surface area contributed by atoms with E-state index in [9.17, 15) is 0 Å². The second-order valence-corrected chi connectivity index (χ2v) is 5.13. The lowest BCUT2D eigenvalue weighted by Crippen LogP contribution is -2.39. The third-order valence-corrected chi connectivity index (χ3v) is 3.65. The van der Waals surface area contributed by atoms with Crippen molar-refractivity contribution in [2.45, 2.75) is 45.3 Å². The van der Waals surface area contributed by atoms with Gasteiger partial charge >= 0.3 is 0 Å². The fourth-order valence-corrected chi connectivity index (χ4v) is 2.26. The molecule has 1 aromatic carbocycles. The normalized spacial score (nSPS) is 18.7. The van der Waals surface area contributed by atoms with E-state index < -0.39 is 0 Å². The minimum atomic E-state index is 0.262. The highest BCUT2D eigenvalue weighted by Crippen LogP contribution is 2.31. The largest absolute Gasteiger partial charge is 0.489 e. The van der Waals surface area contributed by atoms with E-state index in [4.69, 9.17) is 10.5 Å². The average molecular weight is 248 g/mol. The summed E-state index contributed by atoms with van der Waals surface area (Å²) in [5.74, 6) is 1.00. The second kappa shape index (κ2) is 6.10. The SMILES string of the molecule is CCC(C)Oc1ccccc1N1CCC(N)CC1. The van der Waals surface area contributed by atoms with Gasteiger partial charge in [0.1, 0.15) is 5.75 Å². The highest BCUT2D eigenvalue weighted by molar-refractivity contribution is 5.58. The molecular formula is C15H24N2O. The topological polar surface area (TPSA) is 38.5 Å². The van der Waals surface area contributed by atoms with Crippen LogP contribution in [0.25, 0.3) is 0 Å². The first kappa shape index (κ1) is 13.2. The maximum absolute atomic E-state index is 6.00. The molecule has 1 aromatic rings. The van der Waals surface area contributed by atoms with Gasteiger partial charge in [0.15, 0.2) is 0 Å². The van der Waals surface area contributed by atoms with Crippen LogP contribution in [0.5, 0.6) is 5.75 Å². The zero-order valence-corrected chi connectivity index (χ0v) is 11.4. The van der Waals surface area contributed by atoms with Crippen molar-refractivity contribution < 1.29 is 4.74 Å². The van der Waals surface area contributed by atoms with Gasteiger partial charge in [-0.3, -0.25) is 0 Å². The van der Waals surface area contributed by atoms with Crippen molar-refractivity contribution >= 4 is 5.69 Å². The van der Waals surface area contributed by atoms with Gasteiger partial charge < -0.3 is 15.4 Å². The lowest BCUT2D eigenvalue weighted by atomic mass is 10.1. The molecule has 1 heterocycles. The van der Waals surface area contributed by atoms with E-state index in [-0.39, 0.29) is 6.10 Å². The summed E-state index contributed by atoms with van der Waals surface area (Å²) in [7, 11) is 0. The van der Waals surface area contributed by atoms with Gasteiger partial charge in [0.25, 0.3) is 0 Å². The third-order valence-electron chi connectivity index (χ3n) is 3.65. The van der Waals surface area contributed by atoms with Gasteiger partial charge in [-0.2, -0.15) is 0 Å². The summed E-state index contributed by atoms with van der Waals surface area (Å²) in [5.41, 5.74) is 7.17. The Morgan fingerprint density at radius 2 is 2.00 bits per heavy atom. The monoisotopic (exact) mass is 248 g/mol. The van der Waals surface area contributed by atoms with E-state index in [1.54, 1.807) is 0 Å². The van der Waals surface area contributed by atoms with Gasteiger partial charge in [-0.25, -0.2) is 0 Å². The van der Waals surface area contributed by atoms with Crippen molar-refractivity contribution in [3.8, 4) is 5.75 Å². The highest BCUT2D eigenvalue weighted by Gasteiger charge is 2.19. The van der Waals surface area contributed by atoms with Crippen LogP contribution < -0.4 is 15.4 Å². The molecule has 3 heteroatoms. The van der Waals surface area contributed by atoms with Gasteiger partial charge in [-0.15, -0.1) is 0 Å². The quantitative estimate of drug-likeness (QED) is 0.890. The Balaban J connectivity index is 2.11. The van der Waals surface area contributed by atoms with Crippen LogP contribution in [0, 0.1) is 0 Å². The van der Waals surface area contributed by atoms with Crippen molar-refractivity contribution in [3.05, 3.63) is 24.3 Å². The molecule has 0 bridgehead atoms. The molecule has 1 aliphatic heterocycles.